The molecular formula is C28H58O6Si. The Labute approximate surface area is 216 Å². The van der Waals surface area contributed by atoms with Crippen LogP contribution in [0.2, 0.25) is 25.2 Å². The highest BCUT2D eigenvalue weighted by Crippen LogP contribution is 2.25. The number of rotatable bonds is 22. The molecule has 7 heteroatoms. The van der Waals surface area contributed by atoms with Gasteiger partial charge in [0.25, 0.3) is 0 Å². The van der Waals surface area contributed by atoms with Gasteiger partial charge in [-0.15, -0.1) is 0 Å². The average Bonchev–Trinajstić information content (AvgIpc) is 2.83. The highest BCUT2D eigenvalue weighted by atomic mass is 28.3. The lowest BCUT2D eigenvalue weighted by atomic mass is 9.99. The van der Waals surface area contributed by atoms with Crippen LogP contribution in [0.25, 0.3) is 0 Å². The van der Waals surface area contributed by atoms with E-state index >= 15 is 0 Å². The Morgan fingerprint density at radius 2 is 1.11 bits per heavy atom. The minimum atomic E-state index is -1.41. The lowest BCUT2D eigenvalue weighted by Gasteiger charge is -2.40. The number of aliphatic hydroxyl groups is 4. The summed E-state index contributed by atoms with van der Waals surface area (Å²) in [7, 11) is -1.41. The van der Waals surface area contributed by atoms with E-state index in [-0.39, 0.29) is 0 Å². The molecule has 1 fully saturated rings. The Morgan fingerprint density at radius 3 is 1.57 bits per heavy atom. The summed E-state index contributed by atoms with van der Waals surface area (Å²) in [6, 6.07) is 2.21. The Kier molecular flexibility index (Phi) is 18.9. The second kappa shape index (κ2) is 20.0. The quantitative estimate of drug-likeness (QED) is 0.107. The number of ether oxygens (including phenoxy) is 2. The van der Waals surface area contributed by atoms with Crippen molar-refractivity contribution < 1.29 is 29.9 Å². The summed E-state index contributed by atoms with van der Waals surface area (Å²) in [5, 5.41) is 39.3. The van der Waals surface area contributed by atoms with Gasteiger partial charge in [-0.1, -0.05) is 129 Å². The monoisotopic (exact) mass is 518 g/mol. The van der Waals surface area contributed by atoms with Gasteiger partial charge in [0.05, 0.1) is 6.61 Å². The normalized spacial score (nSPS) is 25.3. The van der Waals surface area contributed by atoms with Crippen molar-refractivity contribution >= 4 is 8.07 Å². The van der Waals surface area contributed by atoms with E-state index in [0.717, 1.165) is 6.04 Å². The van der Waals surface area contributed by atoms with Gasteiger partial charge >= 0.3 is 0 Å². The van der Waals surface area contributed by atoms with E-state index in [9.17, 15) is 15.3 Å². The maximum Gasteiger partial charge on any atom is 0.184 e. The van der Waals surface area contributed by atoms with Crippen LogP contribution in [0.3, 0.4) is 0 Å². The molecule has 1 aliphatic rings. The van der Waals surface area contributed by atoms with Crippen molar-refractivity contribution in [2.75, 3.05) is 13.2 Å². The first-order valence-electron chi connectivity index (χ1n) is 14.7. The molecule has 1 rings (SSSR count). The van der Waals surface area contributed by atoms with Gasteiger partial charge in [-0.3, -0.25) is 0 Å². The second-order valence-corrected chi connectivity index (χ2v) is 16.9. The summed E-state index contributed by atoms with van der Waals surface area (Å²) >= 11 is 0. The van der Waals surface area contributed by atoms with E-state index in [0.29, 0.717) is 6.61 Å². The number of hydrogen-bond donors (Lipinski definition) is 4. The van der Waals surface area contributed by atoms with Crippen LogP contribution < -0.4 is 0 Å². The molecule has 5 atom stereocenters. The highest BCUT2D eigenvalue weighted by Gasteiger charge is 2.44. The van der Waals surface area contributed by atoms with Crippen LogP contribution in [0.4, 0.5) is 0 Å². The maximum atomic E-state index is 10.2. The zero-order chi connectivity index (χ0) is 25.9. The molecule has 0 saturated carbocycles. The fourth-order valence-electron chi connectivity index (χ4n) is 5.00. The molecule has 0 unspecified atom stereocenters. The molecule has 0 bridgehead atoms. The summed E-state index contributed by atoms with van der Waals surface area (Å²) in [4.78, 5) is 0. The molecule has 0 aliphatic carbocycles. The van der Waals surface area contributed by atoms with Crippen LogP contribution in [0.15, 0.2) is 0 Å². The van der Waals surface area contributed by atoms with Gasteiger partial charge in [0.15, 0.2) is 6.29 Å². The molecule has 210 valence electrons. The Balaban J connectivity index is 1.96. The van der Waals surface area contributed by atoms with Gasteiger partial charge in [-0.05, 0) is 6.04 Å². The largest absolute Gasteiger partial charge is 0.394 e. The third-order valence-corrected chi connectivity index (χ3v) is 10.9. The molecule has 4 N–H and O–H groups in total. The number of unbranched alkanes of at least 4 members (excludes halogenated alkanes) is 15. The molecule has 0 aromatic rings. The summed E-state index contributed by atoms with van der Waals surface area (Å²) < 4.78 is 10.9. The van der Waals surface area contributed by atoms with Gasteiger partial charge < -0.3 is 29.9 Å². The molecule has 0 spiro atoms. The predicted octanol–water partition coefficient (Wildman–Crippen LogP) is 5.77. The molecule has 6 nitrogen and oxygen atoms in total. The topological polar surface area (TPSA) is 99.4 Å². The molecule has 0 aromatic carbocycles. The standard InChI is InChI=1S/C28H58O6Si/c1-4-5-6-7-8-9-10-11-12-13-14-15-16-17-18-19-21-35(2,3)22-20-33-27-26(31)25(30)24(23-29)34-28(27)32/h24-32H,4-23H2,1-3H3/t24-,25+,26+,27-,28-/m1/s1. The van der Waals surface area contributed by atoms with Crippen molar-refractivity contribution in [2.24, 2.45) is 0 Å². The molecule has 0 aromatic heterocycles. The third kappa shape index (κ3) is 15.1. The molecule has 1 heterocycles. The Morgan fingerprint density at radius 1 is 0.657 bits per heavy atom. The molecule has 35 heavy (non-hydrogen) atoms. The number of aliphatic hydroxyl groups excluding tert-OH is 4. The second-order valence-electron chi connectivity index (χ2n) is 11.5. The smallest absolute Gasteiger partial charge is 0.184 e. The van der Waals surface area contributed by atoms with E-state index in [1.165, 1.54) is 109 Å². The van der Waals surface area contributed by atoms with E-state index in [1.54, 1.807) is 0 Å². The van der Waals surface area contributed by atoms with Gasteiger partial charge in [-0.2, -0.15) is 0 Å². The van der Waals surface area contributed by atoms with Crippen molar-refractivity contribution in [2.45, 2.75) is 166 Å². The SMILES string of the molecule is CCCCCCCCCCCCCCCCCC[Si](C)(C)CCO[C@@H]1[C@@H](O)[C@@H](O)[C@@H](CO)O[C@H]1O. The summed E-state index contributed by atoms with van der Waals surface area (Å²) in [5.74, 6) is 0. The summed E-state index contributed by atoms with van der Waals surface area (Å²) in [5.41, 5.74) is 0. The van der Waals surface area contributed by atoms with E-state index in [2.05, 4.69) is 20.0 Å². The molecule has 1 aliphatic heterocycles. The van der Waals surface area contributed by atoms with Crippen LogP contribution in [0.5, 0.6) is 0 Å². The van der Waals surface area contributed by atoms with Crippen LogP contribution >= 0.6 is 0 Å². The lowest BCUT2D eigenvalue weighted by Crippen LogP contribution is -2.59. The fraction of sp³-hybridized carbons (Fsp3) is 1.00. The maximum absolute atomic E-state index is 10.2. The first-order valence-corrected chi connectivity index (χ1v) is 18.2. The third-order valence-electron chi connectivity index (χ3n) is 7.64. The zero-order valence-electron chi connectivity index (χ0n) is 23.1. The fourth-order valence-corrected chi connectivity index (χ4v) is 7.13. The van der Waals surface area contributed by atoms with Crippen molar-refractivity contribution in [1.29, 1.82) is 0 Å². The van der Waals surface area contributed by atoms with Crippen molar-refractivity contribution in [3.63, 3.8) is 0 Å². The van der Waals surface area contributed by atoms with Gasteiger partial charge in [-0.25, -0.2) is 0 Å². The molecule has 0 amide bonds. The van der Waals surface area contributed by atoms with Crippen LogP contribution in [-0.4, -0.2) is 72.4 Å². The summed E-state index contributed by atoms with van der Waals surface area (Å²) in [6.45, 7) is 6.99. The van der Waals surface area contributed by atoms with Crippen molar-refractivity contribution in [1.82, 2.24) is 0 Å². The van der Waals surface area contributed by atoms with Crippen molar-refractivity contribution in [3.05, 3.63) is 0 Å². The van der Waals surface area contributed by atoms with E-state index in [1.807, 2.05) is 0 Å². The Hall–Kier alpha value is -0.0231. The molecular weight excluding hydrogens is 460 g/mol. The van der Waals surface area contributed by atoms with Gasteiger partial charge in [0, 0.05) is 14.7 Å². The Bertz CT molecular complexity index is 492. The zero-order valence-corrected chi connectivity index (χ0v) is 24.1. The average molecular weight is 519 g/mol. The number of hydrogen-bond acceptors (Lipinski definition) is 6. The minimum absolute atomic E-state index is 0.441. The van der Waals surface area contributed by atoms with Gasteiger partial charge in [0.2, 0.25) is 0 Å². The molecule has 0 radical (unpaired) electrons. The van der Waals surface area contributed by atoms with E-state index < -0.39 is 45.4 Å². The lowest BCUT2D eigenvalue weighted by molar-refractivity contribution is -0.295. The highest BCUT2D eigenvalue weighted by molar-refractivity contribution is 6.77. The minimum Gasteiger partial charge on any atom is -0.394 e. The van der Waals surface area contributed by atoms with Crippen LogP contribution in [0, 0.1) is 0 Å². The van der Waals surface area contributed by atoms with Crippen molar-refractivity contribution in [3.8, 4) is 0 Å². The first-order chi connectivity index (χ1) is 16.8. The van der Waals surface area contributed by atoms with E-state index in [4.69, 9.17) is 14.6 Å². The van der Waals surface area contributed by atoms with Crippen LogP contribution in [-0.2, 0) is 9.47 Å². The van der Waals surface area contributed by atoms with Crippen LogP contribution in [0.1, 0.15) is 110 Å². The summed E-state index contributed by atoms with van der Waals surface area (Å²) in [6.07, 6.45) is 16.4. The van der Waals surface area contributed by atoms with Gasteiger partial charge in [0.1, 0.15) is 24.4 Å². The first kappa shape index (κ1) is 33.0. The molecule has 1 saturated heterocycles. The predicted molar refractivity (Wildman–Crippen MR) is 146 cm³/mol.